The van der Waals surface area contributed by atoms with E-state index < -0.39 is 0 Å². The summed E-state index contributed by atoms with van der Waals surface area (Å²) in [5.74, 6) is 0. The molecule has 0 bridgehead atoms. The molecule has 0 saturated carbocycles. The zero-order chi connectivity index (χ0) is 10.2. The standard InChI is InChI=1S/C10H24NO2.BrH/c1-5-12-9-7-11(3,4)8-10-13-6-2;/h5-10H2,1-4H3;1H/q+1;/p-1. The monoisotopic (exact) mass is 269 g/mol. The van der Waals surface area contributed by atoms with Crippen LogP contribution in [0.15, 0.2) is 0 Å². The Morgan fingerprint density at radius 3 is 1.50 bits per heavy atom. The topological polar surface area (TPSA) is 18.5 Å². The summed E-state index contributed by atoms with van der Waals surface area (Å²) in [4.78, 5) is 0. The van der Waals surface area contributed by atoms with Gasteiger partial charge in [-0.25, -0.2) is 0 Å². The molecule has 0 fully saturated rings. The van der Waals surface area contributed by atoms with E-state index >= 15 is 0 Å². The number of nitrogens with zero attached hydrogens (tertiary/aromatic N) is 1. The Hall–Kier alpha value is 0.360. The van der Waals surface area contributed by atoms with Gasteiger partial charge in [-0.05, 0) is 13.8 Å². The molecule has 0 aromatic heterocycles. The van der Waals surface area contributed by atoms with Crippen LogP contribution in [0.5, 0.6) is 0 Å². The largest absolute Gasteiger partial charge is 1.00 e. The molecular weight excluding hydrogens is 246 g/mol. The van der Waals surface area contributed by atoms with Crippen molar-refractivity contribution < 1.29 is 30.9 Å². The first kappa shape index (κ1) is 16.8. The molecule has 0 aliphatic rings. The van der Waals surface area contributed by atoms with Crippen molar-refractivity contribution in [2.75, 3.05) is 53.6 Å². The van der Waals surface area contributed by atoms with Crippen LogP contribution in [-0.2, 0) is 9.47 Å². The Morgan fingerprint density at radius 2 is 1.21 bits per heavy atom. The molecule has 0 amide bonds. The lowest BCUT2D eigenvalue weighted by Crippen LogP contribution is -3.00. The van der Waals surface area contributed by atoms with Crippen LogP contribution in [0, 0.1) is 0 Å². The van der Waals surface area contributed by atoms with Crippen LogP contribution in [0.3, 0.4) is 0 Å². The highest BCUT2D eigenvalue weighted by atomic mass is 79.9. The third kappa shape index (κ3) is 10.4. The van der Waals surface area contributed by atoms with Gasteiger partial charge < -0.3 is 30.9 Å². The van der Waals surface area contributed by atoms with E-state index in [1.165, 1.54) is 0 Å². The molecule has 0 aromatic carbocycles. The number of ether oxygens (including phenoxy) is 2. The first-order valence-corrected chi connectivity index (χ1v) is 5.10. The Kier molecular flexibility index (Phi) is 11.9. The van der Waals surface area contributed by atoms with Crippen LogP contribution < -0.4 is 17.0 Å². The zero-order valence-corrected chi connectivity index (χ0v) is 11.5. The van der Waals surface area contributed by atoms with Crippen LogP contribution in [0.2, 0.25) is 0 Å². The van der Waals surface area contributed by atoms with E-state index in [0.717, 1.165) is 44.0 Å². The maximum Gasteiger partial charge on any atom is 0.102 e. The Balaban J connectivity index is 0. The van der Waals surface area contributed by atoms with Gasteiger partial charge in [0.1, 0.15) is 13.1 Å². The van der Waals surface area contributed by atoms with E-state index in [1.807, 2.05) is 13.8 Å². The summed E-state index contributed by atoms with van der Waals surface area (Å²) in [6, 6.07) is 0. The van der Waals surface area contributed by atoms with Gasteiger partial charge in [-0.1, -0.05) is 0 Å². The smallest absolute Gasteiger partial charge is 0.102 e. The summed E-state index contributed by atoms with van der Waals surface area (Å²) in [5, 5.41) is 0. The highest BCUT2D eigenvalue weighted by Gasteiger charge is 2.13. The SMILES string of the molecule is CCOCC[N+](C)(C)CCOCC.[Br-]. The summed E-state index contributed by atoms with van der Waals surface area (Å²) in [6.45, 7) is 9.48. The zero-order valence-electron chi connectivity index (χ0n) is 9.88. The molecule has 0 aromatic rings. The van der Waals surface area contributed by atoms with Gasteiger partial charge in [0.15, 0.2) is 0 Å². The molecule has 0 radical (unpaired) electrons. The molecule has 0 heterocycles. The Labute approximate surface area is 98.7 Å². The fourth-order valence-electron chi connectivity index (χ4n) is 1.02. The summed E-state index contributed by atoms with van der Waals surface area (Å²) in [7, 11) is 4.41. The molecule has 0 N–H and O–H groups in total. The van der Waals surface area contributed by atoms with Gasteiger partial charge in [-0.15, -0.1) is 0 Å². The van der Waals surface area contributed by atoms with Crippen LogP contribution >= 0.6 is 0 Å². The van der Waals surface area contributed by atoms with Crippen molar-refractivity contribution in [2.24, 2.45) is 0 Å². The lowest BCUT2D eigenvalue weighted by molar-refractivity contribution is -0.891. The van der Waals surface area contributed by atoms with Gasteiger partial charge in [0.05, 0.1) is 27.3 Å². The molecule has 0 atom stereocenters. The van der Waals surface area contributed by atoms with E-state index in [-0.39, 0.29) is 17.0 Å². The van der Waals surface area contributed by atoms with Crippen LogP contribution in [0.1, 0.15) is 13.8 Å². The molecule has 0 rings (SSSR count). The minimum absolute atomic E-state index is 0. The lowest BCUT2D eigenvalue weighted by Gasteiger charge is -2.29. The third-order valence-corrected chi connectivity index (χ3v) is 2.09. The summed E-state index contributed by atoms with van der Waals surface area (Å²) in [6.07, 6.45) is 0. The van der Waals surface area contributed by atoms with Crippen LogP contribution in [0.4, 0.5) is 0 Å². The summed E-state index contributed by atoms with van der Waals surface area (Å²) in [5.41, 5.74) is 0. The third-order valence-electron chi connectivity index (χ3n) is 2.09. The minimum atomic E-state index is 0. The molecule has 4 heteroatoms. The molecule has 0 unspecified atom stereocenters. The molecule has 0 saturated heterocycles. The molecule has 3 nitrogen and oxygen atoms in total. The molecule has 0 aliphatic heterocycles. The first-order chi connectivity index (χ1) is 6.12. The van der Waals surface area contributed by atoms with E-state index in [9.17, 15) is 0 Å². The van der Waals surface area contributed by atoms with E-state index in [4.69, 9.17) is 9.47 Å². The quantitative estimate of drug-likeness (QED) is 0.380. The number of hydrogen-bond donors (Lipinski definition) is 0. The van der Waals surface area contributed by atoms with Crippen molar-refractivity contribution >= 4 is 0 Å². The second kappa shape index (κ2) is 9.90. The number of quaternary nitrogens is 1. The second-order valence-corrected chi connectivity index (χ2v) is 3.78. The highest BCUT2D eigenvalue weighted by molar-refractivity contribution is 4.34. The van der Waals surface area contributed by atoms with Crippen LogP contribution in [-0.4, -0.2) is 58.1 Å². The van der Waals surface area contributed by atoms with Crippen LogP contribution in [0.25, 0.3) is 0 Å². The van der Waals surface area contributed by atoms with Gasteiger partial charge in [-0.3, -0.25) is 0 Å². The fourth-order valence-corrected chi connectivity index (χ4v) is 1.02. The van der Waals surface area contributed by atoms with E-state index in [1.54, 1.807) is 0 Å². The molecule has 0 aliphatic carbocycles. The summed E-state index contributed by atoms with van der Waals surface area (Å²) >= 11 is 0. The first-order valence-electron chi connectivity index (χ1n) is 5.10. The molecule has 0 spiro atoms. The normalized spacial score (nSPS) is 11.1. The second-order valence-electron chi connectivity index (χ2n) is 3.78. The number of likely N-dealkylation sites (N-methyl/N-ethyl adjacent to an activating group) is 1. The van der Waals surface area contributed by atoms with Crippen molar-refractivity contribution in [1.29, 1.82) is 0 Å². The number of hydrogen-bond acceptors (Lipinski definition) is 2. The van der Waals surface area contributed by atoms with Gasteiger partial charge >= 0.3 is 0 Å². The predicted molar refractivity (Wildman–Crippen MR) is 54.8 cm³/mol. The van der Waals surface area contributed by atoms with Crippen molar-refractivity contribution in [1.82, 2.24) is 0 Å². The minimum Gasteiger partial charge on any atom is -1.00 e. The Morgan fingerprint density at radius 1 is 0.857 bits per heavy atom. The maximum absolute atomic E-state index is 5.32. The molecule has 88 valence electrons. The average molecular weight is 270 g/mol. The van der Waals surface area contributed by atoms with Gasteiger partial charge in [0.2, 0.25) is 0 Å². The highest BCUT2D eigenvalue weighted by Crippen LogP contribution is 1.96. The van der Waals surface area contributed by atoms with Crippen molar-refractivity contribution in [3.05, 3.63) is 0 Å². The molecule has 14 heavy (non-hydrogen) atoms. The maximum atomic E-state index is 5.32. The van der Waals surface area contributed by atoms with Gasteiger partial charge in [0, 0.05) is 13.2 Å². The fraction of sp³-hybridized carbons (Fsp3) is 1.00. The van der Waals surface area contributed by atoms with Gasteiger partial charge in [-0.2, -0.15) is 0 Å². The van der Waals surface area contributed by atoms with Gasteiger partial charge in [0.25, 0.3) is 0 Å². The van der Waals surface area contributed by atoms with E-state index in [2.05, 4.69) is 14.1 Å². The van der Waals surface area contributed by atoms with Crippen molar-refractivity contribution in [3.8, 4) is 0 Å². The van der Waals surface area contributed by atoms with E-state index in [0.29, 0.717) is 0 Å². The lowest BCUT2D eigenvalue weighted by atomic mass is 10.4. The number of halogens is 1. The predicted octanol–water partition coefficient (Wildman–Crippen LogP) is -1.86. The molecular formula is C10H24BrNO2. The average Bonchev–Trinajstić information content (AvgIpc) is 2.05. The summed E-state index contributed by atoms with van der Waals surface area (Å²) < 4.78 is 11.6. The van der Waals surface area contributed by atoms with Crippen molar-refractivity contribution in [2.45, 2.75) is 13.8 Å². The Bertz CT molecular complexity index is 109. The number of rotatable bonds is 8. The van der Waals surface area contributed by atoms with Crippen molar-refractivity contribution in [3.63, 3.8) is 0 Å².